The van der Waals surface area contributed by atoms with Gasteiger partial charge in [-0.25, -0.2) is 0 Å². The van der Waals surface area contributed by atoms with E-state index in [1.54, 1.807) is 6.08 Å². The summed E-state index contributed by atoms with van der Waals surface area (Å²) < 4.78 is 9.54. The summed E-state index contributed by atoms with van der Waals surface area (Å²) in [5.41, 5.74) is -0.407. The van der Waals surface area contributed by atoms with Crippen LogP contribution in [0.2, 0.25) is 0 Å². The fourth-order valence-corrected chi connectivity index (χ4v) is 1.59. The standard InChI is InChI=1S/C16H22O4/c1-6-7-8-9-11-16(14(17)19-4,15(18)20-5)12-10-13(2)3/h6,10H,1,7,11-12H2,2-5H3. The normalized spacial score (nSPS) is 9.80. The molecule has 0 unspecified atom stereocenters. The third-order valence-electron chi connectivity index (χ3n) is 2.77. The molecule has 0 aromatic carbocycles. The van der Waals surface area contributed by atoms with Gasteiger partial charge in [0, 0.05) is 12.8 Å². The van der Waals surface area contributed by atoms with Crippen LogP contribution in [0.1, 0.15) is 33.1 Å². The maximum Gasteiger partial charge on any atom is 0.324 e. The van der Waals surface area contributed by atoms with Crippen LogP contribution in [-0.4, -0.2) is 26.2 Å². The lowest BCUT2D eigenvalue weighted by Gasteiger charge is -2.25. The molecule has 0 bridgehead atoms. The first-order chi connectivity index (χ1) is 9.44. The minimum Gasteiger partial charge on any atom is -0.468 e. The smallest absolute Gasteiger partial charge is 0.324 e. The largest absolute Gasteiger partial charge is 0.468 e. The zero-order valence-electron chi connectivity index (χ0n) is 12.6. The average molecular weight is 278 g/mol. The second-order valence-electron chi connectivity index (χ2n) is 4.57. The van der Waals surface area contributed by atoms with E-state index in [9.17, 15) is 9.59 Å². The van der Waals surface area contributed by atoms with Gasteiger partial charge in [-0.05, 0) is 20.3 Å². The van der Waals surface area contributed by atoms with Crippen LogP contribution >= 0.6 is 0 Å². The number of allylic oxidation sites excluding steroid dienone is 3. The molecule has 0 radical (unpaired) electrons. The van der Waals surface area contributed by atoms with Crippen molar-refractivity contribution < 1.29 is 19.1 Å². The van der Waals surface area contributed by atoms with Gasteiger partial charge in [0.25, 0.3) is 0 Å². The van der Waals surface area contributed by atoms with Crippen molar-refractivity contribution in [2.45, 2.75) is 33.1 Å². The number of rotatable bonds is 6. The lowest BCUT2D eigenvalue weighted by molar-refractivity contribution is -0.168. The lowest BCUT2D eigenvalue weighted by atomic mass is 9.80. The van der Waals surface area contributed by atoms with Gasteiger partial charge in [-0.1, -0.05) is 23.6 Å². The first-order valence-electron chi connectivity index (χ1n) is 6.31. The first-order valence-corrected chi connectivity index (χ1v) is 6.31. The van der Waals surface area contributed by atoms with Gasteiger partial charge in [-0.2, -0.15) is 0 Å². The molecule has 0 heterocycles. The van der Waals surface area contributed by atoms with Crippen LogP contribution in [0, 0.1) is 17.3 Å². The third kappa shape index (κ3) is 4.93. The highest BCUT2D eigenvalue weighted by atomic mass is 16.5. The molecule has 0 aliphatic heterocycles. The van der Waals surface area contributed by atoms with Crippen molar-refractivity contribution in [1.82, 2.24) is 0 Å². The molecule has 0 amide bonds. The van der Waals surface area contributed by atoms with Crippen molar-refractivity contribution in [3.8, 4) is 11.8 Å². The Morgan fingerprint density at radius 1 is 1.15 bits per heavy atom. The molecule has 0 saturated carbocycles. The molecule has 0 spiro atoms. The Morgan fingerprint density at radius 3 is 2.10 bits per heavy atom. The average Bonchev–Trinajstić information content (AvgIpc) is 2.45. The molecule has 0 aromatic rings. The van der Waals surface area contributed by atoms with Crippen molar-refractivity contribution >= 4 is 11.9 Å². The van der Waals surface area contributed by atoms with Crippen molar-refractivity contribution in [2.75, 3.05) is 14.2 Å². The van der Waals surface area contributed by atoms with Crippen LogP contribution in [-0.2, 0) is 19.1 Å². The quantitative estimate of drug-likeness (QED) is 0.324. The Bertz CT molecular complexity index is 429. The SMILES string of the molecule is C=CCC#CCC(CC=C(C)C)(C(=O)OC)C(=O)OC. The van der Waals surface area contributed by atoms with Crippen LogP contribution in [0.4, 0.5) is 0 Å². The lowest BCUT2D eigenvalue weighted by Crippen LogP contribution is -2.40. The highest BCUT2D eigenvalue weighted by Crippen LogP contribution is 2.31. The summed E-state index contributed by atoms with van der Waals surface area (Å²) in [7, 11) is 2.50. The molecule has 20 heavy (non-hydrogen) atoms. The van der Waals surface area contributed by atoms with Gasteiger partial charge in [-0.3, -0.25) is 9.59 Å². The molecule has 0 aliphatic carbocycles. The number of hydrogen-bond acceptors (Lipinski definition) is 4. The van der Waals surface area contributed by atoms with Crippen LogP contribution < -0.4 is 0 Å². The minimum atomic E-state index is -1.41. The molecule has 0 saturated heterocycles. The second kappa shape index (κ2) is 8.98. The topological polar surface area (TPSA) is 52.6 Å². The summed E-state index contributed by atoms with van der Waals surface area (Å²) in [4.78, 5) is 24.1. The van der Waals surface area contributed by atoms with Crippen molar-refractivity contribution in [3.63, 3.8) is 0 Å². The molecule has 0 aliphatic rings. The van der Waals surface area contributed by atoms with Crippen molar-refractivity contribution in [1.29, 1.82) is 0 Å². The van der Waals surface area contributed by atoms with Crippen LogP contribution in [0.25, 0.3) is 0 Å². The summed E-state index contributed by atoms with van der Waals surface area (Å²) in [5, 5.41) is 0. The highest BCUT2D eigenvalue weighted by Gasteiger charge is 2.47. The van der Waals surface area contributed by atoms with Gasteiger partial charge in [0.2, 0.25) is 0 Å². The molecule has 0 rings (SSSR count). The number of methoxy groups -OCH3 is 2. The predicted molar refractivity (Wildman–Crippen MR) is 77.7 cm³/mol. The van der Waals surface area contributed by atoms with E-state index < -0.39 is 17.4 Å². The summed E-state index contributed by atoms with van der Waals surface area (Å²) in [6, 6.07) is 0. The number of hydrogen-bond donors (Lipinski definition) is 0. The maximum atomic E-state index is 12.1. The van der Waals surface area contributed by atoms with Gasteiger partial charge < -0.3 is 9.47 Å². The molecule has 0 fully saturated rings. The Morgan fingerprint density at radius 2 is 1.70 bits per heavy atom. The van der Waals surface area contributed by atoms with Crippen LogP contribution in [0.3, 0.4) is 0 Å². The zero-order chi connectivity index (χ0) is 15.6. The summed E-state index contributed by atoms with van der Waals surface area (Å²) >= 11 is 0. The van der Waals surface area contributed by atoms with Crippen molar-refractivity contribution in [3.05, 3.63) is 24.3 Å². The minimum absolute atomic E-state index is 0.0595. The maximum absolute atomic E-state index is 12.1. The van der Waals surface area contributed by atoms with Crippen molar-refractivity contribution in [2.24, 2.45) is 5.41 Å². The zero-order valence-corrected chi connectivity index (χ0v) is 12.6. The third-order valence-corrected chi connectivity index (χ3v) is 2.77. The molecular weight excluding hydrogens is 256 g/mol. The summed E-state index contributed by atoms with van der Waals surface area (Å²) in [5.74, 6) is 4.40. The summed E-state index contributed by atoms with van der Waals surface area (Å²) in [6.45, 7) is 7.34. The van der Waals surface area contributed by atoms with Gasteiger partial charge in [0.05, 0.1) is 14.2 Å². The van der Waals surface area contributed by atoms with Crippen LogP contribution in [0.15, 0.2) is 24.3 Å². The Balaban J connectivity index is 5.49. The van der Waals surface area contributed by atoms with Crippen LogP contribution in [0.5, 0.6) is 0 Å². The van der Waals surface area contributed by atoms with E-state index in [1.165, 1.54) is 14.2 Å². The van der Waals surface area contributed by atoms with E-state index in [-0.39, 0.29) is 12.8 Å². The number of carbonyl (C=O) groups is 2. The van der Waals surface area contributed by atoms with Gasteiger partial charge >= 0.3 is 11.9 Å². The van der Waals surface area contributed by atoms with Gasteiger partial charge in [-0.15, -0.1) is 12.5 Å². The molecule has 4 nitrogen and oxygen atoms in total. The first kappa shape index (κ1) is 18.0. The Labute approximate surface area is 120 Å². The fraction of sp³-hybridized carbons (Fsp3) is 0.500. The molecule has 0 atom stereocenters. The Hall–Kier alpha value is -2.02. The molecular formula is C16H22O4. The van der Waals surface area contributed by atoms with Gasteiger partial charge in [0.15, 0.2) is 5.41 Å². The predicted octanol–water partition coefficient (Wildman–Crippen LogP) is 2.64. The molecule has 4 heteroatoms. The van der Waals surface area contributed by atoms with E-state index in [2.05, 4.69) is 18.4 Å². The van der Waals surface area contributed by atoms with E-state index >= 15 is 0 Å². The van der Waals surface area contributed by atoms with E-state index in [0.29, 0.717) is 6.42 Å². The number of carbonyl (C=O) groups excluding carboxylic acids is 2. The molecule has 110 valence electrons. The van der Waals surface area contributed by atoms with E-state index in [1.807, 2.05) is 19.9 Å². The van der Waals surface area contributed by atoms with E-state index in [4.69, 9.17) is 9.47 Å². The number of ether oxygens (including phenoxy) is 2. The molecule has 0 aromatic heterocycles. The second-order valence-corrected chi connectivity index (χ2v) is 4.57. The molecule has 0 N–H and O–H groups in total. The van der Waals surface area contributed by atoms with Gasteiger partial charge in [0.1, 0.15) is 0 Å². The van der Waals surface area contributed by atoms with E-state index in [0.717, 1.165) is 5.57 Å². The highest BCUT2D eigenvalue weighted by molar-refractivity contribution is 6.00. The fourth-order valence-electron chi connectivity index (χ4n) is 1.59. The summed E-state index contributed by atoms with van der Waals surface area (Å²) in [6.07, 6.45) is 4.23. The Kier molecular flexibility index (Phi) is 8.07. The monoisotopic (exact) mass is 278 g/mol. The number of esters is 2.